The largest absolute Gasteiger partial charge is 0.394 e. The van der Waals surface area contributed by atoms with Gasteiger partial charge in [-0.2, -0.15) is 0 Å². The average molecular weight is 650 g/mol. The van der Waals surface area contributed by atoms with Gasteiger partial charge in [-0.25, -0.2) is 0 Å². The SMILES string of the molecule is CCCCCCCC/C=C/CCCC[C@@H](O)[C@H](CO)NC(=O)CCCCCCCCCCCCCCCCCCCCCCCC. The number of carbonyl (C=O) groups is 1. The van der Waals surface area contributed by atoms with Gasteiger partial charge in [0, 0.05) is 6.42 Å². The second kappa shape index (κ2) is 38.6. The van der Waals surface area contributed by atoms with E-state index in [1.165, 1.54) is 173 Å². The summed E-state index contributed by atoms with van der Waals surface area (Å²) in [4.78, 5) is 12.4. The smallest absolute Gasteiger partial charge is 0.220 e. The molecule has 0 aromatic rings. The number of hydrogen-bond acceptors (Lipinski definition) is 3. The van der Waals surface area contributed by atoms with Gasteiger partial charge in [0.1, 0.15) is 0 Å². The fourth-order valence-corrected chi connectivity index (χ4v) is 6.53. The molecule has 0 fully saturated rings. The molecule has 46 heavy (non-hydrogen) atoms. The van der Waals surface area contributed by atoms with E-state index in [1.54, 1.807) is 0 Å². The van der Waals surface area contributed by atoms with Crippen LogP contribution in [0.15, 0.2) is 12.2 Å². The minimum absolute atomic E-state index is 0.0381. The summed E-state index contributed by atoms with van der Waals surface area (Å²) in [6.45, 7) is 4.34. The summed E-state index contributed by atoms with van der Waals surface area (Å²) >= 11 is 0. The standard InChI is InChI=1S/C42H83NO3/c1-3-5-7-9-11-13-15-17-18-19-20-21-22-23-24-25-26-28-30-32-34-36-38-42(46)43-40(39-44)41(45)37-35-33-31-29-27-16-14-12-10-8-6-4-2/h27,29,40-41,44-45H,3-26,28,30-39H2,1-2H3,(H,43,46)/b29-27+/t40-,41+/m0/s1. The van der Waals surface area contributed by atoms with Crippen molar-refractivity contribution in [2.75, 3.05) is 6.61 Å². The third kappa shape index (κ3) is 34.5. The molecule has 274 valence electrons. The Morgan fingerprint density at radius 2 is 0.826 bits per heavy atom. The van der Waals surface area contributed by atoms with Gasteiger partial charge in [0.25, 0.3) is 0 Å². The Hall–Kier alpha value is -0.870. The Morgan fingerprint density at radius 1 is 0.500 bits per heavy atom. The Bertz CT molecular complexity index is 622. The summed E-state index contributed by atoms with van der Waals surface area (Å²) in [7, 11) is 0. The minimum Gasteiger partial charge on any atom is -0.394 e. The number of nitrogens with one attached hydrogen (secondary N) is 1. The monoisotopic (exact) mass is 650 g/mol. The second-order valence-corrected chi connectivity index (χ2v) is 14.4. The highest BCUT2D eigenvalue weighted by Gasteiger charge is 2.19. The Balaban J connectivity index is 3.48. The Morgan fingerprint density at radius 3 is 1.20 bits per heavy atom. The van der Waals surface area contributed by atoms with Gasteiger partial charge in [-0.05, 0) is 38.5 Å². The highest BCUT2D eigenvalue weighted by molar-refractivity contribution is 5.76. The molecule has 0 aliphatic rings. The molecule has 0 spiro atoms. The topological polar surface area (TPSA) is 69.6 Å². The average Bonchev–Trinajstić information content (AvgIpc) is 3.06. The molecule has 4 nitrogen and oxygen atoms in total. The summed E-state index contributed by atoms with van der Waals surface area (Å²) in [6.07, 6.45) is 47.2. The molecule has 2 atom stereocenters. The van der Waals surface area contributed by atoms with Gasteiger partial charge in [0.05, 0.1) is 18.8 Å². The first-order valence-electron chi connectivity index (χ1n) is 20.9. The number of aliphatic hydroxyl groups excluding tert-OH is 2. The summed E-state index contributed by atoms with van der Waals surface area (Å²) in [6, 6.07) is -0.546. The van der Waals surface area contributed by atoms with Crippen LogP contribution in [0.4, 0.5) is 0 Å². The Labute approximate surface area is 288 Å². The van der Waals surface area contributed by atoms with Gasteiger partial charge in [0.2, 0.25) is 5.91 Å². The summed E-state index contributed by atoms with van der Waals surface area (Å²) in [5.41, 5.74) is 0. The van der Waals surface area contributed by atoms with Crippen molar-refractivity contribution in [2.24, 2.45) is 0 Å². The maximum Gasteiger partial charge on any atom is 0.220 e. The third-order valence-corrected chi connectivity index (χ3v) is 9.78. The van der Waals surface area contributed by atoms with Crippen LogP contribution in [0, 0.1) is 0 Å². The Kier molecular flexibility index (Phi) is 37.8. The van der Waals surface area contributed by atoms with E-state index >= 15 is 0 Å². The van der Waals surface area contributed by atoms with E-state index in [1.807, 2.05) is 0 Å². The lowest BCUT2D eigenvalue weighted by Crippen LogP contribution is -2.45. The van der Waals surface area contributed by atoms with Gasteiger partial charge in [-0.15, -0.1) is 0 Å². The number of aliphatic hydroxyl groups is 2. The normalized spacial score (nSPS) is 13.0. The number of hydrogen-bond donors (Lipinski definition) is 3. The molecule has 0 saturated heterocycles. The van der Waals surface area contributed by atoms with Crippen LogP contribution in [-0.2, 0) is 4.79 Å². The molecule has 0 aromatic heterocycles. The molecule has 0 saturated carbocycles. The van der Waals surface area contributed by atoms with Gasteiger partial charge in [0.15, 0.2) is 0 Å². The molecule has 0 heterocycles. The highest BCUT2D eigenvalue weighted by atomic mass is 16.3. The molecule has 3 N–H and O–H groups in total. The lowest BCUT2D eigenvalue weighted by Gasteiger charge is -2.22. The van der Waals surface area contributed by atoms with Crippen LogP contribution < -0.4 is 5.32 Å². The first-order valence-corrected chi connectivity index (χ1v) is 20.9. The molecule has 0 rings (SSSR count). The van der Waals surface area contributed by atoms with Gasteiger partial charge < -0.3 is 15.5 Å². The lowest BCUT2D eigenvalue weighted by atomic mass is 10.0. The lowest BCUT2D eigenvalue weighted by molar-refractivity contribution is -0.123. The quantitative estimate of drug-likeness (QED) is 0.0460. The molecule has 0 aliphatic carbocycles. The van der Waals surface area contributed by atoms with Crippen molar-refractivity contribution in [3.63, 3.8) is 0 Å². The molecule has 0 radical (unpaired) electrons. The molecule has 4 heteroatoms. The van der Waals surface area contributed by atoms with E-state index in [-0.39, 0.29) is 12.5 Å². The van der Waals surface area contributed by atoms with Crippen molar-refractivity contribution in [2.45, 2.75) is 244 Å². The second-order valence-electron chi connectivity index (χ2n) is 14.4. The van der Waals surface area contributed by atoms with Gasteiger partial charge >= 0.3 is 0 Å². The predicted octanol–water partition coefficient (Wildman–Crippen LogP) is 12.7. The molecule has 0 unspecified atom stereocenters. The fourth-order valence-electron chi connectivity index (χ4n) is 6.53. The maximum absolute atomic E-state index is 12.4. The van der Waals surface area contributed by atoms with Crippen molar-refractivity contribution in [1.29, 1.82) is 0 Å². The van der Waals surface area contributed by atoms with E-state index in [0.717, 1.165) is 32.1 Å². The molecule has 0 bridgehead atoms. The zero-order chi connectivity index (χ0) is 33.6. The van der Waals surface area contributed by atoms with E-state index in [4.69, 9.17) is 0 Å². The van der Waals surface area contributed by atoms with Crippen LogP contribution in [-0.4, -0.2) is 34.9 Å². The molecule has 0 aromatic carbocycles. The van der Waals surface area contributed by atoms with Crippen LogP contribution in [0.25, 0.3) is 0 Å². The first kappa shape index (κ1) is 45.1. The van der Waals surface area contributed by atoms with Crippen molar-refractivity contribution >= 4 is 5.91 Å². The van der Waals surface area contributed by atoms with Gasteiger partial charge in [-0.1, -0.05) is 199 Å². The van der Waals surface area contributed by atoms with Crippen LogP contribution >= 0.6 is 0 Å². The van der Waals surface area contributed by atoms with Crippen LogP contribution in [0.3, 0.4) is 0 Å². The molecular formula is C42H83NO3. The van der Waals surface area contributed by atoms with Crippen molar-refractivity contribution in [1.82, 2.24) is 5.32 Å². The number of rotatable bonds is 38. The van der Waals surface area contributed by atoms with E-state index in [2.05, 4.69) is 31.3 Å². The van der Waals surface area contributed by atoms with Crippen LogP contribution in [0.2, 0.25) is 0 Å². The van der Waals surface area contributed by atoms with Crippen molar-refractivity contribution < 1.29 is 15.0 Å². The van der Waals surface area contributed by atoms with Gasteiger partial charge in [-0.3, -0.25) is 4.79 Å². The fraction of sp³-hybridized carbons (Fsp3) is 0.929. The minimum atomic E-state index is -0.675. The van der Waals surface area contributed by atoms with Crippen LogP contribution in [0.5, 0.6) is 0 Å². The zero-order valence-electron chi connectivity index (χ0n) is 31.4. The molecule has 0 aliphatic heterocycles. The number of carbonyl (C=O) groups excluding carboxylic acids is 1. The highest BCUT2D eigenvalue weighted by Crippen LogP contribution is 2.16. The maximum atomic E-state index is 12.4. The number of unbranched alkanes of at least 4 members (excludes halogenated alkanes) is 29. The summed E-state index contributed by atoms with van der Waals surface area (Å²) in [5.74, 6) is -0.0381. The molecule has 1 amide bonds. The van der Waals surface area contributed by atoms with Crippen LogP contribution in [0.1, 0.15) is 232 Å². The third-order valence-electron chi connectivity index (χ3n) is 9.78. The van der Waals surface area contributed by atoms with Crippen molar-refractivity contribution in [3.8, 4) is 0 Å². The summed E-state index contributed by atoms with van der Waals surface area (Å²) in [5, 5.41) is 23.1. The molecular weight excluding hydrogens is 566 g/mol. The van der Waals surface area contributed by atoms with E-state index in [9.17, 15) is 15.0 Å². The van der Waals surface area contributed by atoms with Crippen molar-refractivity contribution in [3.05, 3.63) is 12.2 Å². The zero-order valence-corrected chi connectivity index (χ0v) is 31.4. The number of allylic oxidation sites excluding steroid dienone is 2. The number of amides is 1. The summed E-state index contributed by atoms with van der Waals surface area (Å²) < 4.78 is 0. The first-order chi connectivity index (χ1) is 22.7. The predicted molar refractivity (Wildman–Crippen MR) is 202 cm³/mol. The van der Waals surface area contributed by atoms with E-state index in [0.29, 0.717) is 12.8 Å². The van der Waals surface area contributed by atoms with E-state index < -0.39 is 12.1 Å².